The van der Waals surface area contributed by atoms with E-state index in [1.807, 2.05) is 66.7 Å². The average molecular weight is 468 g/mol. The predicted octanol–water partition coefficient (Wildman–Crippen LogP) is 4.50. The van der Waals surface area contributed by atoms with Crippen molar-refractivity contribution in [2.24, 2.45) is 0 Å². The van der Waals surface area contributed by atoms with E-state index in [1.165, 1.54) is 11.3 Å². The lowest BCUT2D eigenvalue weighted by Crippen LogP contribution is -2.22. The van der Waals surface area contributed by atoms with E-state index in [9.17, 15) is 4.79 Å². The van der Waals surface area contributed by atoms with Gasteiger partial charge in [0.05, 0.1) is 29.2 Å². The largest absolute Gasteiger partial charge is 0.497 e. The van der Waals surface area contributed by atoms with Crippen LogP contribution >= 0.6 is 11.3 Å². The molecule has 0 saturated heterocycles. The summed E-state index contributed by atoms with van der Waals surface area (Å²) >= 11 is 1.42. The van der Waals surface area contributed by atoms with Gasteiger partial charge >= 0.3 is 0 Å². The number of hydrogen-bond acceptors (Lipinski definition) is 5. The maximum absolute atomic E-state index is 13.2. The Morgan fingerprint density at radius 1 is 0.941 bits per heavy atom. The van der Waals surface area contributed by atoms with Crippen LogP contribution in [-0.2, 0) is 6.54 Å². The number of hydrogen-bond donors (Lipinski definition) is 0. The van der Waals surface area contributed by atoms with Crippen LogP contribution in [-0.4, -0.2) is 27.7 Å². The van der Waals surface area contributed by atoms with E-state index < -0.39 is 0 Å². The van der Waals surface area contributed by atoms with Crippen LogP contribution < -0.4 is 19.6 Å². The summed E-state index contributed by atoms with van der Waals surface area (Å²) in [6.07, 6.45) is 4.06. The molecule has 6 rings (SSSR count). The molecule has 6 nitrogen and oxygen atoms in total. The second-order valence-electron chi connectivity index (χ2n) is 7.95. The fraction of sp³-hybridized carbons (Fsp3) is 0.111. The molecule has 3 heterocycles. The highest BCUT2D eigenvalue weighted by atomic mass is 32.1. The Morgan fingerprint density at radius 3 is 2.50 bits per heavy atom. The number of nitrogens with zero attached hydrogens (tertiary/aromatic N) is 3. The van der Waals surface area contributed by atoms with Crippen LogP contribution in [0, 0.1) is 0 Å². The molecular formula is C27H21N3O3S. The molecular weight excluding hydrogens is 446 g/mol. The standard InChI is InChI=1S/C27H21N3O3S/c1-32-19-10-12-20(13-11-19)33-15-14-29-17-18(21-6-2-4-8-23(21)29)16-25-26(31)30-24-9-5-3-7-22(24)28-27(30)34-25/h2-13,16-17H,14-15H2,1H3. The van der Waals surface area contributed by atoms with Gasteiger partial charge in [0.1, 0.15) is 18.1 Å². The van der Waals surface area contributed by atoms with Crippen LogP contribution in [0.5, 0.6) is 11.5 Å². The van der Waals surface area contributed by atoms with Crippen LogP contribution in [0.25, 0.3) is 33.0 Å². The lowest BCUT2D eigenvalue weighted by molar-refractivity contribution is 0.300. The van der Waals surface area contributed by atoms with Gasteiger partial charge in [0.15, 0.2) is 4.96 Å². The van der Waals surface area contributed by atoms with Crippen molar-refractivity contribution in [2.45, 2.75) is 6.54 Å². The van der Waals surface area contributed by atoms with E-state index in [1.54, 1.807) is 11.5 Å². The van der Waals surface area contributed by atoms with Gasteiger partial charge in [-0.2, -0.15) is 0 Å². The number of methoxy groups -OCH3 is 1. The van der Waals surface area contributed by atoms with Crippen molar-refractivity contribution in [3.8, 4) is 11.5 Å². The van der Waals surface area contributed by atoms with Crippen LogP contribution in [0.15, 0.2) is 83.8 Å². The third kappa shape index (κ3) is 3.50. The van der Waals surface area contributed by atoms with E-state index >= 15 is 0 Å². The van der Waals surface area contributed by atoms with Crippen molar-refractivity contribution in [1.29, 1.82) is 0 Å². The number of ether oxygens (including phenoxy) is 2. The number of imidazole rings is 1. The normalized spacial score (nSPS) is 12.2. The molecule has 0 fully saturated rings. The SMILES string of the molecule is COc1ccc(OCCn2cc(C=c3sc4nc5ccccc5n4c3=O)c3ccccc32)cc1. The molecule has 6 aromatic rings. The monoisotopic (exact) mass is 467 g/mol. The predicted molar refractivity (Wildman–Crippen MR) is 136 cm³/mol. The molecule has 0 bridgehead atoms. The highest BCUT2D eigenvalue weighted by molar-refractivity contribution is 7.15. The fourth-order valence-electron chi connectivity index (χ4n) is 4.26. The number of aromatic nitrogens is 3. The average Bonchev–Trinajstić information content (AvgIpc) is 3.51. The molecule has 0 amide bonds. The Bertz CT molecular complexity index is 1750. The van der Waals surface area contributed by atoms with Crippen molar-refractivity contribution in [3.05, 3.63) is 99.4 Å². The van der Waals surface area contributed by atoms with Crippen molar-refractivity contribution < 1.29 is 9.47 Å². The molecule has 168 valence electrons. The van der Waals surface area contributed by atoms with Gasteiger partial charge in [0, 0.05) is 22.7 Å². The van der Waals surface area contributed by atoms with Crippen molar-refractivity contribution in [1.82, 2.24) is 14.0 Å². The minimum absolute atomic E-state index is 0.0339. The Kier molecular flexibility index (Phi) is 5.04. The smallest absolute Gasteiger partial charge is 0.274 e. The number of rotatable bonds is 6. The summed E-state index contributed by atoms with van der Waals surface area (Å²) in [7, 11) is 1.65. The number of thiazole rings is 1. The van der Waals surface area contributed by atoms with Gasteiger partial charge in [0.2, 0.25) is 0 Å². The van der Waals surface area contributed by atoms with E-state index in [2.05, 4.69) is 27.9 Å². The maximum atomic E-state index is 13.2. The van der Waals surface area contributed by atoms with Gasteiger partial charge in [0.25, 0.3) is 5.56 Å². The van der Waals surface area contributed by atoms with Gasteiger partial charge < -0.3 is 14.0 Å². The molecule has 7 heteroatoms. The topological polar surface area (TPSA) is 57.8 Å². The second kappa shape index (κ2) is 8.35. The molecule has 0 atom stereocenters. The first kappa shape index (κ1) is 20.5. The molecule has 3 aromatic carbocycles. The van der Waals surface area contributed by atoms with Gasteiger partial charge in [-0.3, -0.25) is 4.79 Å². The minimum Gasteiger partial charge on any atom is -0.497 e. The lowest BCUT2D eigenvalue weighted by Gasteiger charge is -2.09. The first-order valence-corrected chi connectivity index (χ1v) is 11.8. The molecule has 0 aliphatic rings. The molecule has 0 N–H and O–H groups in total. The summed E-state index contributed by atoms with van der Waals surface area (Å²) in [5.74, 6) is 1.60. The van der Waals surface area contributed by atoms with E-state index in [0.29, 0.717) is 22.6 Å². The summed E-state index contributed by atoms with van der Waals surface area (Å²) in [4.78, 5) is 18.5. The van der Waals surface area contributed by atoms with Gasteiger partial charge in [-0.15, -0.1) is 0 Å². The van der Waals surface area contributed by atoms with Gasteiger partial charge in [-0.25, -0.2) is 9.38 Å². The summed E-state index contributed by atoms with van der Waals surface area (Å²) < 4.78 is 15.7. The fourth-order valence-corrected chi connectivity index (χ4v) is 5.24. The molecule has 34 heavy (non-hydrogen) atoms. The van der Waals surface area contributed by atoms with Crippen LogP contribution in [0.4, 0.5) is 0 Å². The maximum Gasteiger partial charge on any atom is 0.274 e. The third-order valence-electron chi connectivity index (χ3n) is 5.91. The second-order valence-corrected chi connectivity index (χ2v) is 8.96. The van der Waals surface area contributed by atoms with E-state index in [0.717, 1.165) is 39.0 Å². The number of fused-ring (bicyclic) bond motifs is 4. The Hall–Kier alpha value is -4.10. The van der Waals surface area contributed by atoms with Crippen molar-refractivity contribution in [2.75, 3.05) is 13.7 Å². The van der Waals surface area contributed by atoms with Crippen LogP contribution in [0.2, 0.25) is 0 Å². The molecule has 0 aliphatic carbocycles. The number of para-hydroxylation sites is 3. The summed E-state index contributed by atoms with van der Waals surface area (Å²) in [6.45, 7) is 1.21. The zero-order chi connectivity index (χ0) is 23.1. The van der Waals surface area contributed by atoms with Gasteiger partial charge in [-0.05, 0) is 48.5 Å². The zero-order valence-electron chi connectivity index (χ0n) is 18.5. The van der Waals surface area contributed by atoms with Gasteiger partial charge in [-0.1, -0.05) is 41.7 Å². The highest BCUT2D eigenvalue weighted by Crippen LogP contribution is 2.23. The third-order valence-corrected chi connectivity index (χ3v) is 6.88. The first-order valence-electron chi connectivity index (χ1n) is 11.0. The first-order chi connectivity index (χ1) is 16.7. The summed E-state index contributed by atoms with van der Waals surface area (Å²) in [5.41, 5.74) is 3.76. The minimum atomic E-state index is -0.0339. The number of benzene rings is 3. The molecule has 0 unspecified atom stereocenters. The van der Waals surface area contributed by atoms with E-state index in [-0.39, 0.29) is 5.56 Å². The Morgan fingerprint density at radius 2 is 1.68 bits per heavy atom. The Balaban J connectivity index is 1.34. The quantitative estimate of drug-likeness (QED) is 0.362. The van der Waals surface area contributed by atoms with E-state index in [4.69, 9.17) is 9.47 Å². The molecule has 0 aliphatic heterocycles. The van der Waals surface area contributed by atoms with Crippen LogP contribution in [0.3, 0.4) is 0 Å². The molecule has 0 radical (unpaired) electrons. The molecule has 0 spiro atoms. The molecule has 0 saturated carbocycles. The molecule has 3 aromatic heterocycles. The highest BCUT2D eigenvalue weighted by Gasteiger charge is 2.12. The lowest BCUT2D eigenvalue weighted by atomic mass is 10.2. The van der Waals surface area contributed by atoms with Crippen molar-refractivity contribution >= 4 is 44.3 Å². The summed E-state index contributed by atoms with van der Waals surface area (Å²) in [5, 5.41) is 1.10. The zero-order valence-corrected chi connectivity index (χ0v) is 19.3. The van der Waals surface area contributed by atoms with Crippen LogP contribution in [0.1, 0.15) is 5.56 Å². The summed E-state index contributed by atoms with van der Waals surface area (Å²) in [6, 6.07) is 23.5. The van der Waals surface area contributed by atoms with Crippen molar-refractivity contribution in [3.63, 3.8) is 0 Å². The Labute approximate surface area is 198 Å².